The first kappa shape index (κ1) is 20.9. The Morgan fingerprint density at radius 3 is 2.65 bits per heavy atom. The lowest BCUT2D eigenvalue weighted by Gasteiger charge is -2.15. The van der Waals surface area contributed by atoms with Crippen LogP contribution in [-0.2, 0) is 10.0 Å². The number of nitrogens with zero attached hydrogens (tertiary/aromatic N) is 4. The molecule has 0 aliphatic heterocycles. The van der Waals surface area contributed by atoms with Gasteiger partial charge in [0.2, 0.25) is 0 Å². The second kappa shape index (κ2) is 8.39. The van der Waals surface area contributed by atoms with Crippen LogP contribution in [0.25, 0.3) is 5.69 Å². The van der Waals surface area contributed by atoms with Crippen LogP contribution in [0.4, 0.5) is 5.13 Å². The van der Waals surface area contributed by atoms with Gasteiger partial charge >= 0.3 is 0 Å². The molecular weight excluding hydrogens is 458 g/mol. The quantitative estimate of drug-likeness (QED) is 0.434. The Morgan fingerprint density at radius 1 is 1.16 bits per heavy atom. The van der Waals surface area contributed by atoms with Crippen LogP contribution in [0, 0.1) is 18.3 Å². The largest absolute Gasteiger partial charge is 0.454 e. The Balaban J connectivity index is 1.70. The van der Waals surface area contributed by atoms with Crippen molar-refractivity contribution in [1.82, 2.24) is 14.5 Å². The number of rotatable bonds is 6. The molecule has 0 bridgehead atoms. The van der Waals surface area contributed by atoms with Crippen LogP contribution in [0.5, 0.6) is 11.5 Å². The minimum absolute atomic E-state index is 0.0604. The van der Waals surface area contributed by atoms with Crippen molar-refractivity contribution in [3.63, 3.8) is 0 Å². The van der Waals surface area contributed by atoms with Crippen molar-refractivity contribution in [2.75, 3.05) is 4.72 Å². The molecule has 0 saturated heterocycles. The summed E-state index contributed by atoms with van der Waals surface area (Å²) in [6.45, 7) is 1.83. The van der Waals surface area contributed by atoms with E-state index in [1.807, 2.05) is 13.0 Å². The van der Waals surface area contributed by atoms with Gasteiger partial charge in [-0.25, -0.2) is 18.4 Å². The number of nitrogens with one attached hydrogen (secondary N) is 1. The zero-order valence-electron chi connectivity index (χ0n) is 16.0. The Labute approximate surface area is 187 Å². The van der Waals surface area contributed by atoms with Gasteiger partial charge in [-0.15, -0.1) is 11.3 Å². The third kappa shape index (κ3) is 4.39. The smallest absolute Gasteiger partial charge is 0.263 e. The van der Waals surface area contributed by atoms with Gasteiger partial charge in [0.15, 0.2) is 10.9 Å². The number of benzene rings is 2. The molecule has 1 N–H and O–H groups in total. The molecule has 0 aliphatic rings. The van der Waals surface area contributed by atoms with E-state index in [4.69, 9.17) is 16.3 Å². The summed E-state index contributed by atoms with van der Waals surface area (Å²) in [5.74, 6) is 1.36. The number of ether oxygens (including phenoxy) is 1. The molecule has 4 aromatic rings. The van der Waals surface area contributed by atoms with E-state index in [9.17, 15) is 13.7 Å². The summed E-state index contributed by atoms with van der Waals surface area (Å²) in [6.07, 6.45) is 4.90. The minimum Gasteiger partial charge on any atom is -0.454 e. The number of sulfonamides is 1. The van der Waals surface area contributed by atoms with E-state index >= 15 is 0 Å². The summed E-state index contributed by atoms with van der Waals surface area (Å²) in [5.41, 5.74) is 0.693. The lowest BCUT2D eigenvalue weighted by molar-refractivity contribution is 0.477. The molecule has 0 spiro atoms. The van der Waals surface area contributed by atoms with Gasteiger partial charge in [0.05, 0.1) is 16.1 Å². The summed E-state index contributed by atoms with van der Waals surface area (Å²) in [5, 5.41) is 12.0. The van der Waals surface area contributed by atoms with Gasteiger partial charge < -0.3 is 9.30 Å². The predicted octanol–water partition coefficient (Wildman–Crippen LogP) is 4.76. The fourth-order valence-electron chi connectivity index (χ4n) is 2.82. The monoisotopic (exact) mass is 471 g/mol. The Morgan fingerprint density at radius 2 is 1.97 bits per heavy atom. The Kier molecular flexibility index (Phi) is 5.65. The molecule has 0 saturated carbocycles. The Hall–Kier alpha value is -3.39. The van der Waals surface area contributed by atoms with Gasteiger partial charge in [-0.1, -0.05) is 11.6 Å². The fraction of sp³-hybridized carbons (Fsp3) is 0.0500. The van der Waals surface area contributed by atoms with E-state index < -0.39 is 10.0 Å². The maximum absolute atomic E-state index is 12.6. The Bertz CT molecular complexity index is 1390. The highest BCUT2D eigenvalue weighted by Crippen LogP contribution is 2.34. The van der Waals surface area contributed by atoms with E-state index in [0.717, 1.165) is 17.2 Å². The number of halogens is 1. The second-order valence-corrected chi connectivity index (χ2v) is 9.28. The molecule has 0 fully saturated rings. The minimum atomic E-state index is -3.90. The molecule has 2 aromatic heterocycles. The number of aryl methyl sites for hydroxylation is 1. The molecule has 0 unspecified atom stereocenters. The van der Waals surface area contributed by atoms with Crippen molar-refractivity contribution < 1.29 is 13.2 Å². The summed E-state index contributed by atoms with van der Waals surface area (Å²) in [7, 11) is -3.90. The molecule has 2 heterocycles. The average Bonchev–Trinajstić information content (AvgIpc) is 3.40. The van der Waals surface area contributed by atoms with E-state index in [1.54, 1.807) is 40.5 Å². The number of hydrogen-bond donors (Lipinski definition) is 1. The van der Waals surface area contributed by atoms with Crippen LogP contribution in [-0.4, -0.2) is 23.0 Å². The first-order valence-corrected chi connectivity index (χ1v) is 11.6. The van der Waals surface area contributed by atoms with E-state index in [0.29, 0.717) is 16.5 Å². The van der Waals surface area contributed by atoms with Gasteiger partial charge in [-0.2, -0.15) is 5.26 Å². The van der Waals surface area contributed by atoms with Crippen molar-refractivity contribution in [2.24, 2.45) is 0 Å². The zero-order valence-corrected chi connectivity index (χ0v) is 18.4. The van der Waals surface area contributed by atoms with Crippen molar-refractivity contribution >= 4 is 38.1 Å². The van der Waals surface area contributed by atoms with Crippen molar-refractivity contribution in [3.8, 4) is 23.3 Å². The van der Waals surface area contributed by atoms with Gasteiger partial charge in [0, 0.05) is 29.0 Å². The molecule has 0 atom stereocenters. The summed E-state index contributed by atoms with van der Waals surface area (Å²) < 4.78 is 35.4. The molecule has 0 amide bonds. The van der Waals surface area contributed by atoms with Crippen LogP contribution in [0.1, 0.15) is 11.4 Å². The van der Waals surface area contributed by atoms with E-state index in [2.05, 4.69) is 14.7 Å². The maximum Gasteiger partial charge on any atom is 0.263 e. The molecule has 2 aromatic carbocycles. The van der Waals surface area contributed by atoms with Crippen molar-refractivity contribution in [2.45, 2.75) is 11.8 Å². The average molecular weight is 472 g/mol. The van der Waals surface area contributed by atoms with Crippen molar-refractivity contribution in [1.29, 1.82) is 5.26 Å². The molecule has 11 heteroatoms. The lowest BCUT2D eigenvalue weighted by atomic mass is 10.2. The van der Waals surface area contributed by atoms with Crippen LogP contribution in [0.2, 0.25) is 5.02 Å². The molecule has 4 rings (SSSR count). The first-order chi connectivity index (χ1) is 14.9. The second-order valence-electron chi connectivity index (χ2n) is 6.27. The molecule has 0 aliphatic carbocycles. The highest BCUT2D eigenvalue weighted by Gasteiger charge is 2.19. The first-order valence-electron chi connectivity index (χ1n) is 8.81. The van der Waals surface area contributed by atoms with Crippen LogP contribution >= 0.6 is 22.9 Å². The molecule has 0 radical (unpaired) electrons. The van der Waals surface area contributed by atoms with E-state index in [-0.39, 0.29) is 21.3 Å². The zero-order chi connectivity index (χ0) is 22.0. The van der Waals surface area contributed by atoms with E-state index in [1.165, 1.54) is 24.4 Å². The summed E-state index contributed by atoms with van der Waals surface area (Å²) in [6, 6.07) is 11.1. The van der Waals surface area contributed by atoms with Gasteiger partial charge in [-0.3, -0.25) is 4.72 Å². The molecule has 31 heavy (non-hydrogen) atoms. The third-order valence-corrected chi connectivity index (χ3v) is 6.65. The fourth-order valence-corrected chi connectivity index (χ4v) is 4.80. The maximum atomic E-state index is 12.6. The van der Waals surface area contributed by atoms with Gasteiger partial charge in [-0.05, 0) is 43.3 Å². The van der Waals surface area contributed by atoms with Gasteiger partial charge in [0.25, 0.3) is 10.0 Å². The van der Waals surface area contributed by atoms with Gasteiger partial charge in [0.1, 0.15) is 17.6 Å². The summed E-state index contributed by atoms with van der Waals surface area (Å²) in [4.78, 5) is 8.04. The standard InChI is InChI=1S/C20H14ClN5O3S2/c1-13-23-6-8-26(13)17-11-15(21)2-4-19(17)29-18-5-3-16(10-14(18)12-22)31(27,28)25-20-24-7-9-30-20/h2-11H,1H3,(H,24,25). The number of anilines is 1. The topological polar surface area (TPSA) is 110 Å². The number of thiazole rings is 1. The number of imidazole rings is 1. The highest BCUT2D eigenvalue weighted by molar-refractivity contribution is 7.93. The SMILES string of the molecule is Cc1nccn1-c1cc(Cl)ccc1Oc1ccc(S(=O)(=O)Nc2nccs2)cc1C#N. The van der Waals surface area contributed by atoms with Crippen molar-refractivity contribution in [3.05, 3.63) is 76.8 Å². The highest BCUT2D eigenvalue weighted by atomic mass is 35.5. The number of aromatic nitrogens is 3. The third-order valence-electron chi connectivity index (χ3n) is 4.26. The molecule has 156 valence electrons. The molecule has 8 nitrogen and oxygen atoms in total. The number of hydrogen-bond acceptors (Lipinski definition) is 7. The van der Waals surface area contributed by atoms with Crippen LogP contribution in [0.3, 0.4) is 0 Å². The normalized spacial score (nSPS) is 11.1. The lowest BCUT2D eigenvalue weighted by Crippen LogP contribution is -2.13. The van der Waals surface area contributed by atoms with Crippen LogP contribution in [0.15, 0.2) is 65.3 Å². The number of nitriles is 1. The summed E-state index contributed by atoms with van der Waals surface area (Å²) >= 11 is 7.31. The van der Waals surface area contributed by atoms with Crippen LogP contribution < -0.4 is 9.46 Å². The predicted molar refractivity (Wildman–Crippen MR) is 117 cm³/mol. The molecular formula is C20H14ClN5O3S2.